The largest absolute Gasteiger partial charge is 0.506 e. The minimum Gasteiger partial charge on any atom is -0.506 e. The predicted octanol–water partition coefficient (Wildman–Crippen LogP) is 4.48. The Morgan fingerprint density at radius 1 is 0.912 bits per heavy atom. The van der Waals surface area contributed by atoms with Gasteiger partial charge in [0.1, 0.15) is 23.0 Å². The average Bonchev–Trinajstić information content (AvgIpc) is 3.47. The van der Waals surface area contributed by atoms with Crippen molar-refractivity contribution in [2.24, 2.45) is 0 Å². The smallest absolute Gasteiger partial charge is 0.159 e. The van der Waals surface area contributed by atoms with Crippen LogP contribution in [0.2, 0.25) is 0 Å². The van der Waals surface area contributed by atoms with Gasteiger partial charge in [0.15, 0.2) is 5.82 Å². The van der Waals surface area contributed by atoms with E-state index in [4.69, 9.17) is 9.72 Å². The topological polar surface area (TPSA) is 125 Å². The summed E-state index contributed by atoms with van der Waals surface area (Å²) in [5.74, 6) is 0.563. The molecule has 3 N–H and O–H groups in total. The average molecular weight is 453 g/mol. The van der Waals surface area contributed by atoms with E-state index in [-0.39, 0.29) is 5.75 Å². The molecule has 1 aromatic carbocycles. The lowest BCUT2D eigenvalue weighted by Gasteiger charge is -2.06. The van der Waals surface area contributed by atoms with E-state index in [1.165, 1.54) is 25.4 Å². The predicted molar refractivity (Wildman–Crippen MR) is 124 cm³/mol. The van der Waals surface area contributed by atoms with Gasteiger partial charge in [-0.2, -0.15) is 5.10 Å². The molecule has 0 saturated heterocycles. The van der Waals surface area contributed by atoms with Crippen molar-refractivity contribution in [3.05, 3.63) is 67.1 Å². The number of H-pyrrole nitrogens is 2. The molecule has 9 nitrogen and oxygen atoms in total. The van der Waals surface area contributed by atoms with Crippen LogP contribution >= 0.6 is 0 Å². The standard InChI is InChI=1S/C24H16FN7O2/c1-34-16-4-12(2-14(25)5-16)18-9-27-10-21-22(18)30-24(29-21)23-17-6-19(28-11-20(17)31-32-23)13-3-15(33)8-26-7-13/h2-11,33H,1H3,(H,29,30)(H,31,32). The molecule has 0 spiro atoms. The molecular formula is C24H16FN7O2. The number of fused-ring (bicyclic) bond motifs is 2. The number of methoxy groups -OCH3 is 1. The number of aromatic amines is 2. The third-order valence-electron chi connectivity index (χ3n) is 5.50. The highest BCUT2D eigenvalue weighted by atomic mass is 19.1. The van der Waals surface area contributed by atoms with E-state index in [0.29, 0.717) is 50.7 Å². The fraction of sp³-hybridized carbons (Fsp3) is 0.0417. The molecule has 0 fully saturated rings. The molecule has 0 saturated carbocycles. The number of imidazole rings is 1. The molecule has 6 aromatic rings. The van der Waals surface area contributed by atoms with E-state index in [1.54, 1.807) is 36.9 Å². The van der Waals surface area contributed by atoms with E-state index in [2.05, 4.69) is 30.1 Å². The number of nitrogens with zero attached hydrogens (tertiary/aromatic N) is 5. The number of hydrogen-bond acceptors (Lipinski definition) is 7. The first kappa shape index (κ1) is 19.8. The van der Waals surface area contributed by atoms with Gasteiger partial charge in [0, 0.05) is 35.0 Å². The van der Waals surface area contributed by atoms with Gasteiger partial charge >= 0.3 is 0 Å². The Morgan fingerprint density at radius 2 is 1.79 bits per heavy atom. The molecule has 0 amide bonds. The summed E-state index contributed by atoms with van der Waals surface area (Å²) in [6.45, 7) is 0. The zero-order valence-electron chi connectivity index (χ0n) is 17.7. The number of ether oxygens (including phenoxy) is 1. The van der Waals surface area contributed by atoms with Gasteiger partial charge < -0.3 is 14.8 Å². The van der Waals surface area contributed by atoms with Gasteiger partial charge in [0.2, 0.25) is 0 Å². The van der Waals surface area contributed by atoms with E-state index in [1.807, 2.05) is 6.07 Å². The normalized spacial score (nSPS) is 11.4. The van der Waals surface area contributed by atoms with Gasteiger partial charge in [0.05, 0.1) is 47.9 Å². The number of pyridine rings is 3. The van der Waals surface area contributed by atoms with Crippen LogP contribution in [0.25, 0.3) is 55.8 Å². The molecular weight excluding hydrogens is 437 g/mol. The summed E-state index contributed by atoms with van der Waals surface area (Å²) in [4.78, 5) is 20.8. The van der Waals surface area contributed by atoms with Gasteiger partial charge in [-0.05, 0) is 29.8 Å². The van der Waals surface area contributed by atoms with Gasteiger partial charge in [-0.15, -0.1) is 0 Å². The molecule has 166 valence electrons. The van der Waals surface area contributed by atoms with Crippen LogP contribution in [0.5, 0.6) is 11.5 Å². The van der Waals surface area contributed by atoms with Gasteiger partial charge in [-0.25, -0.2) is 9.37 Å². The monoisotopic (exact) mass is 453 g/mol. The number of halogens is 1. The van der Waals surface area contributed by atoms with Crippen molar-refractivity contribution < 1.29 is 14.2 Å². The Morgan fingerprint density at radius 3 is 2.65 bits per heavy atom. The lowest BCUT2D eigenvalue weighted by atomic mass is 10.1. The Hall–Kier alpha value is -4.86. The Labute approximate surface area is 191 Å². The zero-order chi connectivity index (χ0) is 23.2. The van der Waals surface area contributed by atoms with E-state index < -0.39 is 5.82 Å². The number of hydrogen-bond donors (Lipinski definition) is 3. The summed E-state index contributed by atoms with van der Waals surface area (Å²) < 4.78 is 19.3. The lowest BCUT2D eigenvalue weighted by Crippen LogP contribution is -1.89. The number of benzene rings is 1. The molecule has 0 radical (unpaired) electrons. The number of aromatic nitrogens is 7. The van der Waals surface area contributed by atoms with Crippen molar-refractivity contribution in [2.45, 2.75) is 0 Å². The third kappa shape index (κ3) is 3.28. The van der Waals surface area contributed by atoms with Crippen molar-refractivity contribution >= 4 is 21.9 Å². The molecule has 0 aliphatic carbocycles. The second-order valence-corrected chi connectivity index (χ2v) is 7.67. The fourth-order valence-electron chi connectivity index (χ4n) is 3.92. The maximum Gasteiger partial charge on any atom is 0.159 e. The number of rotatable bonds is 4. The van der Waals surface area contributed by atoms with Crippen LogP contribution in [-0.4, -0.2) is 47.3 Å². The molecule has 5 heterocycles. The van der Waals surface area contributed by atoms with Crippen LogP contribution in [0.1, 0.15) is 0 Å². The zero-order valence-corrected chi connectivity index (χ0v) is 17.7. The highest BCUT2D eigenvalue weighted by molar-refractivity contribution is 5.97. The maximum absolute atomic E-state index is 14.1. The van der Waals surface area contributed by atoms with Crippen LogP contribution < -0.4 is 4.74 Å². The van der Waals surface area contributed by atoms with E-state index in [9.17, 15) is 9.50 Å². The third-order valence-corrected chi connectivity index (χ3v) is 5.50. The fourth-order valence-corrected chi connectivity index (χ4v) is 3.92. The van der Waals surface area contributed by atoms with E-state index in [0.717, 1.165) is 10.9 Å². The minimum atomic E-state index is -0.415. The Balaban J connectivity index is 1.50. The Bertz CT molecular complexity index is 1690. The quantitative estimate of drug-likeness (QED) is 0.359. The number of nitrogens with one attached hydrogen (secondary N) is 2. The molecule has 0 bridgehead atoms. The maximum atomic E-state index is 14.1. The molecule has 5 aromatic heterocycles. The summed E-state index contributed by atoms with van der Waals surface area (Å²) in [5, 5.41) is 18.0. The first-order valence-electron chi connectivity index (χ1n) is 10.3. The lowest BCUT2D eigenvalue weighted by molar-refractivity contribution is 0.411. The molecule has 6 rings (SSSR count). The molecule has 0 atom stereocenters. The Kier molecular flexibility index (Phi) is 4.44. The number of aromatic hydroxyl groups is 1. The summed E-state index contributed by atoms with van der Waals surface area (Å²) in [6, 6.07) is 7.91. The van der Waals surface area contributed by atoms with Crippen LogP contribution in [0.15, 0.2) is 61.3 Å². The summed E-state index contributed by atoms with van der Waals surface area (Å²) in [5.41, 5.74) is 5.17. The molecule has 34 heavy (non-hydrogen) atoms. The molecule has 0 aliphatic rings. The summed E-state index contributed by atoms with van der Waals surface area (Å²) in [6.07, 6.45) is 7.95. The SMILES string of the molecule is COc1cc(F)cc(-c2cncc3[nH]c(-c4n[nH]c5cnc(-c6cncc(O)c6)cc45)nc23)c1. The van der Waals surface area contributed by atoms with Gasteiger partial charge in [-0.3, -0.25) is 20.1 Å². The first-order chi connectivity index (χ1) is 16.6. The molecule has 0 aliphatic heterocycles. The molecule has 0 unspecified atom stereocenters. The highest BCUT2D eigenvalue weighted by Gasteiger charge is 2.17. The van der Waals surface area contributed by atoms with E-state index >= 15 is 0 Å². The second kappa shape index (κ2) is 7.62. The first-order valence-corrected chi connectivity index (χ1v) is 10.3. The van der Waals surface area contributed by atoms with Crippen molar-refractivity contribution in [1.29, 1.82) is 0 Å². The second-order valence-electron chi connectivity index (χ2n) is 7.67. The van der Waals surface area contributed by atoms with Crippen LogP contribution in [-0.2, 0) is 0 Å². The van der Waals surface area contributed by atoms with Crippen molar-refractivity contribution in [3.63, 3.8) is 0 Å². The van der Waals surface area contributed by atoms with Gasteiger partial charge in [-0.1, -0.05) is 0 Å². The van der Waals surface area contributed by atoms with Gasteiger partial charge in [0.25, 0.3) is 0 Å². The highest BCUT2D eigenvalue weighted by Crippen LogP contribution is 2.33. The summed E-state index contributed by atoms with van der Waals surface area (Å²) in [7, 11) is 1.49. The van der Waals surface area contributed by atoms with Crippen molar-refractivity contribution in [2.75, 3.05) is 7.11 Å². The molecule has 10 heteroatoms. The van der Waals surface area contributed by atoms with Crippen LogP contribution in [0.3, 0.4) is 0 Å². The van der Waals surface area contributed by atoms with Crippen molar-refractivity contribution in [1.82, 2.24) is 35.1 Å². The van der Waals surface area contributed by atoms with Crippen LogP contribution in [0, 0.1) is 5.82 Å². The van der Waals surface area contributed by atoms with Crippen LogP contribution in [0.4, 0.5) is 4.39 Å². The van der Waals surface area contributed by atoms with Crippen molar-refractivity contribution in [3.8, 4) is 45.4 Å². The minimum absolute atomic E-state index is 0.0538. The summed E-state index contributed by atoms with van der Waals surface area (Å²) >= 11 is 0.